The second kappa shape index (κ2) is 17.2. The van der Waals surface area contributed by atoms with Gasteiger partial charge in [0.25, 0.3) is 0 Å². The van der Waals surface area contributed by atoms with Gasteiger partial charge in [-0.1, -0.05) is 53.2 Å². The summed E-state index contributed by atoms with van der Waals surface area (Å²) >= 11 is 0. The molecule has 4 nitrogen and oxygen atoms in total. The molecule has 0 saturated carbocycles. The highest BCUT2D eigenvalue weighted by atomic mass is 16.5. The molecular weight excluding hydrogens is 316 g/mol. The van der Waals surface area contributed by atoms with Crippen molar-refractivity contribution in [2.24, 2.45) is 0 Å². The van der Waals surface area contributed by atoms with Crippen molar-refractivity contribution < 1.29 is 19.1 Å². The topological polar surface area (TPSA) is 52.6 Å². The van der Waals surface area contributed by atoms with Gasteiger partial charge in [0.1, 0.15) is 0 Å². The van der Waals surface area contributed by atoms with Crippen LogP contribution in [0.5, 0.6) is 0 Å². The Bertz CT molecular complexity index is 397. The van der Waals surface area contributed by atoms with Crippen molar-refractivity contribution >= 4 is 11.9 Å². The lowest BCUT2D eigenvalue weighted by atomic mass is 10.1. The van der Waals surface area contributed by atoms with Crippen molar-refractivity contribution in [1.82, 2.24) is 0 Å². The highest BCUT2D eigenvalue weighted by Crippen LogP contribution is 2.08. The minimum absolute atomic E-state index is 0.0455. The third-order valence-corrected chi connectivity index (χ3v) is 3.32. The molecule has 0 unspecified atom stereocenters. The van der Waals surface area contributed by atoms with Crippen molar-refractivity contribution in [1.29, 1.82) is 0 Å². The Balaban J connectivity index is 0. The molecule has 4 heteroatoms. The smallest absolute Gasteiger partial charge is 0.333 e. The first-order valence-corrected chi connectivity index (χ1v) is 9.53. The van der Waals surface area contributed by atoms with Crippen molar-refractivity contribution in [3.63, 3.8) is 0 Å². The third kappa shape index (κ3) is 17.0. The lowest BCUT2D eigenvalue weighted by molar-refractivity contribution is -0.143. The second-order valence-electron chi connectivity index (χ2n) is 6.36. The van der Waals surface area contributed by atoms with Crippen molar-refractivity contribution in [3.8, 4) is 0 Å². The molecule has 146 valence electrons. The molecule has 0 bridgehead atoms. The molecule has 0 atom stereocenters. The summed E-state index contributed by atoms with van der Waals surface area (Å²) in [5.41, 5.74) is 1.20. The van der Waals surface area contributed by atoms with E-state index in [0.29, 0.717) is 17.8 Å². The van der Waals surface area contributed by atoms with Gasteiger partial charge in [0.15, 0.2) is 0 Å². The minimum Gasteiger partial charge on any atom is -0.462 e. The van der Waals surface area contributed by atoms with Crippen molar-refractivity contribution in [3.05, 3.63) is 24.3 Å². The first-order chi connectivity index (χ1) is 11.8. The van der Waals surface area contributed by atoms with Gasteiger partial charge in [0.05, 0.1) is 12.7 Å². The van der Waals surface area contributed by atoms with Crippen LogP contribution in [0.25, 0.3) is 0 Å². The molecule has 0 radical (unpaired) electrons. The predicted octanol–water partition coefficient (Wildman–Crippen LogP) is 5.76. The highest BCUT2D eigenvalue weighted by Gasteiger charge is 2.09. The zero-order chi connectivity index (χ0) is 19.7. The van der Waals surface area contributed by atoms with Crippen molar-refractivity contribution in [2.75, 3.05) is 6.61 Å². The summed E-state index contributed by atoms with van der Waals surface area (Å²) in [4.78, 5) is 22.3. The van der Waals surface area contributed by atoms with Crippen LogP contribution in [0.1, 0.15) is 86.0 Å². The van der Waals surface area contributed by atoms with Gasteiger partial charge < -0.3 is 9.47 Å². The molecule has 0 saturated heterocycles. The number of carbonyl (C=O) groups excluding carboxylic acids is 2. The summed E-state index contributed by atoms with van der Waals surface area (Å²) in [5, 5.41) is 0. The Hall–Kier alpha value is -1.58. The van der Waals surface area contributed by atoms with E-state index in [1.54, 1.807) is 0 Å². The van der Waals surface area contributed by atoms with Gasteiger partial charge in [-0.2, -0.15) is 0 Å². The SMILES string of the molecule is C=C(CCCC)C(=O)OC(C)C.C=C(CCCC)C(=O)OCCCC. The summed E-state index contributed by atoms with van der Waals surface area (Å²) in [6.45, 7) is 17.8. The van der Waals surface area contributed by atoms with E-state index < -0.39 is 0 Å². The molecule has 25 heavy (non-hydrogen) atoms. The van der Waals surface area contributed by atoms with Crippen LogP contribution >= 0.6 is 0 Å². The molecule has 0 rings (SSSR count). The van der Waals surface area contributed by atoms with E-state index in [2.05, 4.69) is 33.9 Å². The maximum atomic E-state index is 11.2. The van der Waals surface area contributed by atoms with E-state index in [9.17, 15) is 9.59 Å². The van der Waals surface area contributed by atoms with Crippen LogP contribution in [0.15, 0.2) is 24.3 Å². The van der Waals surface area contributed by atoms with Gasteiger partial charge >= 0.3 is 11.9 Å². The van der Waals surface area contributed by atoms with Crippen LogP contribution in [0, 0.1) is 0 Å². The van der Waals surface area contributed by atoms with Gasteiger partial charge in [-0.15, -0.1) is 0 Å². The molecule has 0 aliphatic carbocycles. The number of hydrogen-bond donors (Lipinski definition) is 0. The predicted molar refractivity (Wildman–Crippen MR) is 104 cm³/mol. The Labute approximate surface area is 154 Å². The Morgan fingerprint density at radius 1 is 0.800 bits per heavy atom. The van der Waals surface area contributed by atoms with E-state index in [4.69, 9.17) is 9.47 Å². The molecule has 0 aliphatic heterocycles. The van der Waals surface area contributed by atoms with E-state index >= 15 is 0 Å². The monoisotopic (exact) mass is 354 g/mol. The largest absolute Gasteiger partial charge is 0.462 e. The van der Waals surface area contributed by atoms with Crippen molar-refractivity contribution in [2.45, 2.75) is 92.1 Å². The van der Waals surface area contributed by atoms with Gasteiger partial charge in [-0.25, -0.2) is 9.59 Å². The summed E-state index contributed by atoms with van der Waals surface area (Å²) in [7, 11) is 0. The van der Waals surface area contributed by atoms with Crippen LogP contribution in [0.4, 0.5) is 0 Å². The lowest BCUT2D eigenvalue weighted by Gasteiger charge is -2.08. The molecule has 0 aliphatic rings. The van der Waals surface area contributed by atoms with Gasteiger partial charge in [0.2, 0.25) is 0 Å². The first kappa shape index (κ1) is 25.7. The van der Waals surface area contributed by atoms with Crippen LogP contribution in [-0.4, -0.2) is 24.6 Å². The number of unbranched alkanes of at least 4 members (excludes halogenated alkanes) is 3. The van der Waals surface area contributed by atoms with Crippen LogP contribution < -0.4 is 0 Å². The van der Waals surface area contributed by atoms with Crippen LogP contribution in [0.3, 0.4) is 0 Å². The van der Waals surface area contributed by atoms with E-state index in [-0.39, 0.29) is 18.0 Å². The summed E-state index contributed by atoms with van der Waals surface area (Å²) in [5.74, 6) is -0.472. The highest BCUT2D eigenvalue weighted by molar-refractivity contribution is 5.88. The standard InChI is InChI=1S/C11H20O2.C10H18O2/c1-4-6-8-10(3)11(12)13-9-7-5-2;1-5-6-7-9(4)10(11)12-8(2)3/h3-9H2,1-2H3;8H,4-7H2,1-3H3. The zero-order valence-corrected chi connectivity index (χ0v) is 17.0. The summed E-state index contributed by atoms with van der Waals surface area (Å²) in [6, 6.07) is 0. The number of hydrogen-bond acceptors (Lipinski definition) is 4. The normalized spacial score (nSPS) is 9.84. The molecule has 0 N–H and O–H groups in total. The van der Waals surface area contributed by atoms with Gasteiger partial charge in [-0.05, 0) is 46.0 Å². The van der Waals surface area contributed by atoms with E-state index in [1.165, 1.54) is 0 Å². The molecule has 0 aromatic carbocycles. The van der Waals surface area contributed by atoms with E-state index in [1.807, 2.05) is 13.8 Å². The summed E-state index contributed by atoms with van der Waals surface area (Å²) in [6.07, 6.45) is 7.64. The number of rotatable bonds is 12. The maximum absolute atomic E-state index is 11.2. The Kier molecular flexibility index (Phi) is 17.7. The maximum Gasteiger partial charge on any atom is 0.333 e. The quantitative estimate of drug-likeness (QED) is 0.254. The average Bonchev–Trinajstić information content (AvgIpc) is 2.57. The van der Waals surface area contributed by atoms with Gasteiger partial charge in [0, 0.05) is 11.1 Å². The first-order valence-electron chi connectivity index (χ1n) is 9.53. The fourth-order valence-corrected chi connectivity index (χ4v) is 1.69. The Morgan fingerprint density at radius 3 is 1.64 bits per heavy atom. The fourth-order valence-electron chi connectivity index (χ4n) is 1.69. The molecular formula is C21H38O4. The Morgan fingerprint density at radius 2 is 1.24 bits per heavy atom. The molecule has 0 fully saturated rings. The van der Waals surface area contributed by atoms with Gasteiger partial charge in [-0.3, -0.25) is 0 Å². The number of carbonyl (C=O) groups is 2. The van der Waals surface area contributed by atoms with Crippen LogP contribution in [-0.2, 0) is 19.1 Å². The molecule has 0 aromatic rings. The lowest BCUT2D eigenvalue weighted by Crippen LogP contribution is -2.12. The van der Waals surface area contributed by atoms with Crippen LogP contribution in [0.2, 0.25) is 0 Å². The summed E-state index contributed by atoms with van der Waals surface area (Å²) < 4.78 is 9.97. The molecule has 0 heterocycles. The fraction of sp³-hybridized carbons (Fsp3) is 0.714. The number of esters is 2. The number of ether oxygens (including phenoxy) is 2. The minimum atomic E-state index is -0.251. The molecule has 0 amide bonds. The van der Waals surface area contributed by atoms with E-state index in [0.717, 1.165) is 51.4 Å². The molecule has 0 spiro atoms. The third-order valence-electron chi connectivity index (χ3n) is 3.32. The molecule has 0 aromatic heterocycles. The second-order valence-corrected chi connectivity index (χ2v) is 6.36. The zero-order valence-electron chi connectivity index (χ0n) is 17.0. The average molecular weight is 355 g/mol.